The lowest BCUT2D eigenvalue weighted by Gasteiger charge is -2.67. The van der Waals surface area contributed by atoms with Gasteiger partial charge in [-0.15, -0.1) is 0 Å². The van der Waals surface area contributed by atoms with Crippen LogP contribution in [-0.4, -0.2) is 150 Å². The van der Waals surface area contributed by atoms with Crippen molar-refractivity contribution in [3.05, 3.63) is 151 Å². The number of nitrogens with zero attached hydrogens (tertiary/aromatic N) is 2. The highest BCUT2D eigenvalue weighted by Gasteiger charge is 2.78. The number of carbonyl (C=O) groups excluding carboxylic acids is 6. The van der Waals surface area contributed by atoms with Crippen LogP contribution in [0.25, 0.3) is 0 Å². The van der Waals surface area contributed by atoms with Crippen molar-refractivity contribution in [2.75, 3.05) is 19.8 Å². The standard InChI is InChI=1S/C62H74N4O19/c1-34-31-66(45-28-40(69)42(32-67)81-45)58(78)65(54(34)74)27-19-8-7-18-26-63-57(77)83-49-46-35(2)41(82-56(76)48(71)47(37-20-12-9-13-21-37)64-53(73)38-22-14-10-15-23-38)30-62(79,59(46,4)5)52(84-55(75)39-24-16-11-17-25-39)50-60(6,51(49)72)43(70)29-44-61(50,33-80-44)85-36(3)68/h9-17,20-25,31,40-45,47-50,52,67,69-71,79H,7-8,18-19,26-30,32-33H2,1-6H3,(H,63,77)(H,64,73)/t40-,41+,42+,43+,44-,45+,47+,48-,49-,50+,52+,60?,61+,62-/m1/s1. The smallest absolute Gasteiger partial charge is 0.408 e. The number of aromatic nitrogens is 2. The molecule has 4 fully saturated rings. The van der Waals surface area contributed by atoms with E-state index in [0.29, 0.717) is 31.2 Å². The van der Waals surface area contributed by atoms with E-state index in [2.05, 4.69) is 10.6 Å². The molecule has 2 amide bonds. The maximum atomic E-state index is 16.2. The Labute approximate surface area is 489 Å². The summed E-state index contributed by atoms with van der Waals surface area (Å²) in [6.07, 6.45) is -12.1. The number of Topliss-reactive ketones (excluding diaryl/α,β-unsaturated/α-hetero) is 1. The number of fused-ring (bicyclic) bond motifs is 5. The highest BCUT2D eigenvalue weighted by atomic mass is 16.6. The van der Waals surface area contributed by atoms with E-state index in [1.165, 1.54) is 50.6 Å². The van der Waals surface area contributed by atoms with Crippen LogP contribution in [-0.2, 0) is 49.3 Å². The highest BCUT2D eigenvalue weighted by Crippen LogP contribution is 2.64. The van der Waals surface area contributed by atoms with Gasteiger partial charge in [0.15, 0.2) is 23.6 Å². The monoisotopic (exact) mass is 1180 g/mol. The molecular formula is C62H74N4O19. The maximum absolute atomic E-state index is 16.2. The molecule has 3 aromatic carbocycles. The van der Waals surface area contributed by atoms with E-state index in [-0.39, 0.29) is 60.4 Å². The van der Waals surface area contributed by atoms with Gasteiger partial charge in [-0.25, -0.2) is 19.2 Å². The summed E-state index contributed by atoms with van der Waals surface area (Å²) in [6, 6.07) is 22.6. The number of carbonyl (C=O) groups is 6. The van der Waals surface area contributed by atoms with Crippen molar-refractivity contribution in [3.63, 3.8) is 0 Å². The summed E-state index contributed by atoms with van der Waals surface area (Å²) >= 11 is 0. The van der Waals surface area contributed by atoms with Gasteiger partial charge in [-0.3, -0.25) is 28.3 Å². The Morgan fingerprint density at radius 1 is 0.824 bits per heavy atom. The quantitative estimate of drug-likeness (QED) is 0.0306. The Morgan fingerprint density at radius 3 is 2.07 bits per heavy atom. The molecule has 23 heteroatoms. The third kappa shape index (κ3) is 11.6. The van der Waals surface area contributed by atoms with E-state index in [9.17, 15) is 59.1 Å². The van der Waals surface area contributed by atoms with Crippen LogP contribution in [0.3, 0.4) is 0 Å². The van der Waals surface area contributed by atoms with Crippen LogP contribution >= 0.6 is 0 Å². The lowest BCUT2D eigenvalue weighted by atomic mass is 9.44. The zero-order chi connectivity index (χ0) is 61.3. The largest absolute Gasteiger partial charge is 0.456 e. The van der Waals surface area contributed by atoms with E-state index in [1.54, 1.807) is 85.8 Å². The number of unbranched alkanes of at least 4 members (excludes halogenated alkanes) is 3. The number of amides is 2. The summed E-state index contributed by atoms with van der Waals surface area (Å²) in [5.41, 5.74) is -8.67. The van der Waals surface area contributed by atoms with Gasteiger partial charge >= 0.3 is 29.7 Å². The summed E-state index contributed by atoms with van der Waals surface area (Å²) in [5, 5.41) is 63.8. The van der Waals surface area contributed by atoms with Gasteiger partial charge in [0.1, 0.15) is 36.2 Å². The Kier molecular flexibility index (Phi) is 18.2. The topological polar surface area (TPSA) is 327 Å². The molecular weight excluding hydrogens is 1100 g/mol. The number of hydrogen-bond acceptors (Lipinski definition) is 19. The molecule has 14 atom stereocenters. The Bertz CT molecular complexity index is 3320. The van der Waals surface area contributed by atoms with Crippen LogP contribution in [0, 0.1) is 23.7 Å². The van der Waals surface area contributed by atoms with Crippen LogP contribution in [0.1, 0.15) is 124 Å². The molecule has 2 saturated heterocycles. The van der Waals surface area contributed by atoms with E-state index in [4.69, 9.17) is 28.4 Å². The average Bonchev–Trinajstić information content (AvgIpc) is 0.928. The summed E-state index contributed by atoms with van der Waals surface area (Å²) in [6.45, 7) is 7.82. The number of ketones is 1. The number of aliphatic hydroxyl groups is 5. The molecule has 9 rings (SSSR count). The summed E-state index contributed by atoms with van der Waals surface area (Å²) in [4.78, 5) is 113. The summed E-state index contributed by atoms with van der Waals surface area (Å²) < 4.78 is 39.1. The predicted molar refractivity (Wildman–Crippen MR) is 300 cm³/mol. The van der Waals surface area contributed by atoms with Gasteiger partial charge in [-0.1, -0.05) is 93.4 Å². The molecule has 5 aliphatic rings. The van der Waals surface area contributed by atoms with E-state index in [1.807, 2.05) is 0 Å². The van der Waals surface area contributed by atoms with E-state index < -0.39 is 149 Å². The van der Waals surface area contributed by atoms with Gasteiger partial charge in [0.2, 0.25) is 0 Å². The average molecular weight is 1180 g/mol. The fourth-order valence-corrected chi connectivity index (χ4v) is 13.3. The third-order valence-electron chi connectivity index (χ3n) is 18.1. The number of nitrogens with one attached hydrogen (secondary N) is 2. The normalized spacial score (nSPS) is 30.0. The number of alkyl carbamates (subject to hydrolysis) is 1. The number of aliphatic hydroxyl groups excluding tert-OH is 4. The number of hydrogen-bond donors (Lipinski definition) is 7. The molecule has 85 heavy (non-hydrogen) atoms. The molecule has 2 saturated carbocycles. The fourth-order valence-electron chi connectivity index (χ4n) is 13.3. The Hall–Kier alpha value is -7.38. The molecule has 1 unspecified atom stereocenters. The van der Waals surface area contributed by atoms with Gasteiger partial charge in [0.25, 0.3) is 11.5 Å². The Balaban J connectivity index is 1.03. The molecule has 456 valence electrons. The van der Waals surface area contributed by atoms with Crippen molar-refractivity contribution in [3.8, 4) is 0 Å². The zero-order valence-corrected chi connectivity index (χ0v) is 48.2. The molecule has 4 aromatic rings. The van der Waals surface area contributed by atoms with E-state index >= 15 is 4.79 Å². The maximum Gasteiger partial charge on any atom is 0.408 e. The van der Waals surface area contributed by atoms with Gasteiger partial charge in [-0.05, 0) is 74.6 Å². The minimum absolute atomic E-state index is 0.00813. The minimum Gasteiger partial charge on any atom is -0.456 e. The van der Waals surface area contributed by atoms with Crippen LogP contribution in [0.5, 0.6) is 0 Å². The van der Waals surface area contributed by atoms with Crippen LogP contribution in [0.2, 0.25) is 0 Å². The van der Waals surface area contributed by atoms with Gasteiger partial charge < -0.3 is 64.6 Å². The second-order valence-corrected chi connectivity index (χ2v) is 23.6. The Morgan fingerprint density at radius 2 is 1.46 bits per heavy atom. The summed E-state index contributed by atoms with van der Waals surface area (Å²) in [5.74, 6) is -6.34. The van der Waals surface area contributed by atoms with Crippen LogP contribution in [0.4, 0.5) is 4.79 Å². The molecule has 0 spiro atoms. The second-order valence-electron chi connectivity index (χ2n) is 23.6. The van der Waals surface area contributed by atoms with Crippen molar-refractivity contribution >= 4 is 35.7 Å². The third-order valence-corrected chi connectivity index (χ3v) is 18.1. The van der Waals surface area contributed by atoms with Crippen molar-refractivity contribution < 1.29 is 82.7 Å². The number of ether oxygens (including phenoxy) is 6. The number of benzene rings is 3. The molecule has 23 nitrogen and oxygen atoms in total. The SMILES string of the molecule is CC(=O)O[C@@]12CO[C@@H]1C[C@H](O)C1(C)C(=O)[C@H](OC(=O)NCCCCCCn3c(=O)c(C)cn([C@@H]4C[C@@H](O)[C@H](CO)O4)c3=O)C3=C(C)[C@@H](OC(=O)[C@H](O)[C@@H](NC(=O)c4ccccc4)c4ccccc4)C[C@@](O)([C@@H](OC(=O)c4ccccc4)[C@@H]12)C3(C)C. The predicted octanol–water partition coefficient (Wildman–Crippen LogP) is 3.43. The lowest BCUT2D eigenvalue weighted by Crippen LogP contribution is -2.82. The number of esters is 3. The number of rotatable bonds is 19. The van der Waals surface area contributed by atoms with Crippen LogP contribution in [0.15, 0.2) is 118 Å². The zero-order valence-electron chi connectivity index (χ0n) is 48.2. The first kappa shape index (κ1) is 62.2. The number of aryl methyl sites for hydroxylation is 1. The van der Waals surface area contributed by atoms with Crippen molar-refractivity contribution in [2.45, 2.75) is 165 Å². The minimum atomic E-state index is -2.51. The summed E-state index contributed by atoms with van der Waals surface area (Å²) in [7, 11) is 0. The molecule has 7 N–H and O–H groups in total. The van der Waals surface area contributed by atoms with Gasteiger partial charge in [0.05, 0.1) is 48.4 Å². The van der Waals surface area contributed by atoms with E-state index in [0.717, 1.165) is 11.5 Å². The second kappa shape index (κ2) is 24.9. The van der Waals surface area contributed by atoms with Crippen molar-refractivity contribution in [2.24, 2.45) is 16.7 Å². The first-order valence-electron chi connectivity index (χ1n) is 28.6. The first-order valence-corrected chi connectivity index (χ1v) is 28.6. The van der Waals surface area contributed by atoms with Gasteiger partial charge in [-0.2, -0.15) is 0 Å². The molecule has 3 heterocycles. The molecule has 2 bridgehead atoms. The fraction of sp³-hybridized carbons (Fsp3) is 0.516. The lowest BCUT2D eigenvalue weighted by molar-refractivity contribution is -0.345. The molecule has 1 aromatic heterocycles. The van der Waals surface area contributed by atoms with Crippen molar-refractivity contribution in [1.29, 1.82) is 0 Å². The molecule has 3 aliphatic carbocycles. The van der Waals surface area contributed by atoms with Crippen molar-refractivity contribution in [1.82, 2.24) is 19.8 Å². The first-order chi connectivity index (χ1) is 40.4. The molecule has 0 radical (unpaired) electrons. The highest BCUT2D eigenvalue weighted by molar-refractivity contribution is 5.96. The molecule has 2 aliphatic heterocycles. The van der Waals surface area contributed by atoms with Crippen LogP contribution < -0.4 is 21.9 Å². The van der Waals surface area contributed by atoms with Gasteiger partial charge in [0, 0.05) is 62.0 Å².